The molecule has 0 fully saturated rings. The second kappa shape index (κ2) is 3.31. The Balaban J connectivity index is 2.16. The molecule has 2 nitrogen and oxygen atoms in total. The number of rotatable bonds is 0. The highest BCUT2D eigenvalue weighted by atomic mass is 14.9. The molecule has 1 atom stereocenters. The summed E-state index contributed by atoms with van der Waals surface area (Å²) in [5.41, 5.74) is 2.95. The van der Waals surface area contributed by atoms with E-state index in [9.17, 15) is 0 Å². The molecular formula is C10H16N2. The lowest BCUT2D eigenvalue weighted by atomic mass is 10.0. The van der Waals surface area contributed by atoms with Crippen LogP contribution in [-0.2, 0) is 0 Å². The van der Waals surface area contributed by atoms with E-state index in [2.05, 4.69) is 29.7 Å². The maximum Gasteiger partial charge on any atom is 0.0416 e. The van der Waals surface area contributed by atoms with Crippen LogP contribution in [0.3, 0.4) is 0 Å². The van der Waals surface area contributed by atoms with Gasteiger partial charge in [-0.2, -0.15) is 0 Å². The lowest BCUT2D eigenvalue weighted by molar-refractivity contribution is 0.657. The molecule has 2 aliphatic heterocycles. The van der Waals surface area contributed by atoms with Crippen molar-refractivity contribution >= 4 is 0 Å². The zero-order chi connectivity index (χ0) is 8.39. The maximum atomic E-state index is 3.51. The van der Waals surface area contributed by atoms with Crippen LogP contribution in [-0.4, -0.2) is 19.1 Å². The molecule has 0 aromatic rings. The Morgan fingerprint density at radius 2 is 2.17 bits per heavy atom. The van der Waals surface area contributed by atoms with Gasteiger partial charge in [0.05, 0.1) is 0 Å². The minimum absolute atomic E-state index is 0.516. The van der Waals surface area contributed by atoms with Gasteiger partial charge in [0.15, 0.2) is 0 Å². The second-order valence-corrected chi connectivity index (χ2v) is 3.55. The molecule has 2 heterocycles. The molecule has 2 heteroatoms. The Morgan fingerprint density at radius 3 is 3.08 bits per heavy atom. The number of nitrogens with one attached hydrogen (secondary N) is 2. The van der Waals surface area contributed by atoms with Gasteiger partial charge >= 0.3 is 0 Å². The van der Waals surface area contributed by atoms with Crippen LogP contribution in [0.4, 0.5) is 0 Å². The van der Waals surface area contributed by atoms with Crippen molar-refractivity contribution in [3.05, 3.63) is 23.4 Å². The molecule has 0 aromatic heterocycles. The fourth-order valence-electron chi connectivity index (χ4n) is 1.81. The normalized spacial score (nSPS) is 29.2. The summed E-state index contributed by atoms with van der Waals surface area (Å²) in [5, 5.41) is 6.91. The van der Waals surface area contributed by atoms with E-state index < -0.39 is 0 Å². The van der Waals surface area contributed by atoms with Crippen LogP contribution in [0.25, 0.3) is 0 Å². The molecule has 2 N–H and O–H groups in total. The Bertz CT molecular complexity index is 228. The zero-order valence-corrected chi connectivity index (χ0v) is 7.56. The molecule has 2 aliphatic rings. The van der Waals surface area contributed by atoms with Gasteiger partial charge in [0, 0.05) is 18.3 Å². The van der Waals surface area contributed by atoms with Gasteiger partial charge in [0.25, 0.3) is 0 Å². The summed E-state index contributed by atoms with van der Waals surface area (Å²) in [7, 11) is 0. The van der Waals surface area contributed by atoms with Crippen LogP contribution in [0, 0.1) is 0 Å². The van der Waals surface area contributed by atoms with E-state index in [0.29, 0.717) is 6.04 Å². The van der Waals surface area contributed by atoms with Gasteiger partial charge in [-0.1, -0.05) is 12.2 Å². The van der Waals surface area contributed by atoms with E-state index in [1.807, 2.05) is 0 Å². The molecule has 2 rings (SSSR count). The van der Waals surface area contributed by atoms with Crippen LogP contribution in [0.1, 0.15) is 19.8 Å². The van der Waals surface area contributed by atoms with Crippen molar-refractivity contribution in [3.8, 4) is 0 Å². The lowest BCUT2D eigenvalue weighted by Crippen LogP contribution is -2.27. The summed E-state index contributed by atoms with van der Waals surface area (Å²) in [5.74, 6) is 0. The van der Waals surface area contributed by atoms with Crippen LogP contribution < -0.4 is 10.6 Å². The van der Waals surface area contributed by atoms with Crippen molar-refractivity contribution in [1.82, 2.24) is 10.6 Å². The highest BCUT2D eigenvalue weighted by Gasteiger charge is 2.13. The van der Waals surface area contributed by atoms with Crippen LogP contribution in [0.15, 0.2) is 23.4 Å². The molecule has 0 spiro atoms. The summed E-state index contributed by atoms with van der Waals surface area (Å²) in [6, 6.07) is 0.516. The van der Waals surface area contributed by atoms with Gasteiger partial charge in [-0.05, 0) is 31.9 Å². The van der Waals surface area contributed by atoms with Crippen molar-refractivity contribution in [2.75, 3.05) is 13.1 Å². The number of hydrogen-bond acceptors (Lipinski definition) is 2. The SMILES string of the molecule is CC1C=CC2=C(CCNCC2)N1. The average molecular weight is 164 g/mol. The standard InChI is InChI=1S/C10H16N2/c1-8-2-3-9-4-6-11-7-5-10(9)12-8/h2-3,8,11-12H,4-7H2,1H3. The van der Waals surface area contributed by atoms with Gasteiger partial charge in [-0.25, -0.2) is 0 Å². The van der Waals surface area contributed by atoms with Crippen LogP contribution >= 0.6 is 0 Å². The Hall–Kier alpha value is -0.760. The van der Waals surface area contributed by atoms with Gasteiger partial charge in [-0.15, -0.1) is 0 Å². The van der Waals surface area contributed by atoms with E-state index in [4.69, 9.17) is 0 Å². The maximum absolute atomic E-state index is 3.51. The molecule has 0 radical (unpaired) electrons. The lowest BCUT2D eigenvalue weighted by Gasteiger charge is -2.20. The molecule has 0 saturated heterocycles. The Kier molecular flexibility index (Phi) is 2.17. The molecule has 12 heavy (non-hydrogen) atoms. The molecule has 0 aliphatic carbocycles. The summed E-state index contributed by atoms with van der Waals surface area (Å²) >= 11 is 0. The van der Waals surface area contributed by atoms with E-state index in [0.717, 1.165) is 19.5 Å². The Labute approximate surface area is 73.7 Å². The third kappa shape index (κ3) is 1.53. The van der Waals surface area contributed by atoms with Crippen molar-refractivity contribution in [1.29, 1.82) is 0 Å². The summed E-state index contributed by atoms with van der Waals surface area (Å²) < 4.78 is 0. The molecular weight excluding hydrogens is 148 g/mol. The molecule has 0 aromatic carbocycles. The molecule has 0 amide bonds. The summed E-state index contributed by atoms with van der Waals surface area (Å²) in [6.45, 7) is 4.43. The Morgan fingerprint density at radius 1 is 1.33 bits per heavy atom. The smallest absolute Gasteiger partial charge is 0.0416 e. The largest absolute Gasteiger partial charge is 0.382 e. The van der Waals surface area contributed by atoms with Gasteiger partial charge < -0.3 is 10.6 Å². The van der Waals surface area contributed by atoms with Crippen molar-refractivity contribution in [3.63, 3.8) is 0 Å². The van der Waals surface area contributed by atoms with Gasteiger partial charge in [0.2, 0.25) is 0 Å². The minimum atomic E-state index is 0.516. The first kappa shape index (κ1) is 7.87. The predicted octanol–water partition coefficient (Wildman–Crippen LogP) is 1.17. The highest BCUT2D eigenvalue weighted by Crippen LogP contribution is 2.18. The highest BCUT2D eigenvalue weighted by molar-refractivity contribution is 5.31. The van der Waals surface area contributed by atoms with E-state index in [-0.39, 0.29) is 0 Å². The number of allylic oxidation sites excluding steroid dienone is 1. The number of dihydropyridines is 1. The van der Waals surface area contributed by atoms with E-state index in [1.165, 1.54) is 17.7 Å². The predicted molar refractivity (Wildman–Crippen MR) is 50.9 cm³/mol. The molecule has 66 valence electrons. The van der Waals surface area contributed by atoms with Gasteiger partial charge in [0.1, 0.15) is 0 Å². The van der Waals surface area contributed by atoms with Crippen LogP contribution in [0.2, 0.25) is 0 Å². The first-order valence-electron chi connectivity index (χ1n) is 4.74. The van der Waals surface area contributed by atoms with Crippen molar-refractivity contribution < 1.29 is 0 Å². The fourth-order valence-corrected chi connectivity index (χ4v) is 1.81. The first-order valence-corrected chi connectivity index (χ1v) is 4.74. The summed E-state index contributed by atoms with van der Waals surface area (Å²) in [4.78, 5) is 0. The van der Waals surface area contributed by atoms with Crippen LogP contribution in [0.5, 0.6) is 0 Å². The fraction of sp³-hybridized carbons (Fsp3) is 0.600. The third-order valence-electron chi connectivity index (χ3n) is 2.50. The van der Waals surface area contributed by atoms with Gasteiger partial charge in [-0.3, -0.25) is 0 Å². The van der Waals surface area contributed by atoms with Crippen molar-refractivity contribution in [2.24, 2.45) is 0 Å². The molecule has 1 unspecified atom stereocenters. The third-order valence-corrected chi connectivity index (χ3v) is 2.50. The molecule has 0 saturated carbocycles. The average Bonchev–Trinajstić information content (AvgIpc) is 2.28. The zero-order valence-electron chi connectivity index (χ0n) is 7.56. The van der Waals surface area contributed by atoms with Crippen molar-refractivity contribution in [2.45, 2.75) is 25.8 Å². The quantitative estimate of drug-likeness (QED) is 0.561. The minimum Gasteiger partial charge on any atom is -0.382 e. The topological polar surface area (TPSA) is 24.1 Å². The monoisotopic (exact) mass is 164 g/mol. The first-order chi connectivity index (χ1) is 5.86. The molecule has 0 bridgehead atoms. The van der Waals surface area contributed by atoms with E-state index in [1.54, 1.807) is 0 Å². The second-order valence-electron chi connectivity index (χ2n) is 3.55. The number of hydrogen-bond donors (Lipinski definition) is 2. The van der Waals surface area contributed by atoms with E-state index >= 15 is 0 Å². The summed E-state index contributed by atoms with van der Waals surface area (Å²) in [6.07, 6.45) is 6.85.